The lowest BCUT2D eigenvalue weighted by Crippen LogP contribution is -2.38. The summed E-state index contributed by atoms with van der Waals surface area (Å²) in [6.45, 7) is 15.4. The number of aromatic nitrogens is 1. The van der Waals surface area contributed by atoms with Crippen LogP contribution in [0.1, 0.15) is 40.5 Å². The van der Waals surface area contributed by atoms with Crippen LogP contribution in [-0.2, 0) is 4.74 Å². The molecule has 0 amide bonds. The molecule has 1 aromatic heterocycles. The molecule has 0 spiro atoms. The summed E-state index contributed by atoms with van der Waals surface area (Å²) in [6.07, 6.45) is 2.17. The highest BCUT2D eigenvalue weighted by Gasteiger charge is 2.12. The molecule has 0 radical (unpaired) electrons. The van der Waals surface area contributed by atoms with E-state index in [9.17, 15) is 0 Å². The first kappa shape index (κ1) is 21.5. The van der Waals surface area contributed by atoms with Gasteiger partial charge in [-0.1, -0.05) is 27.7 Å². The van der Waals surface area contributed by atoms with E-state index in [0.29, 0.717) is 18.2 Å². The summed E-state index contributed by atoms with van der Waals surface area (Å²) in [5, 5.41) is 0. The maximum absolute atomic E-state index is 6.03. The van der Waals surface area contributed by atoms with E-state index in [2.05, 4.69) is 28.6 Å². The third-order valence-electron chi connectivity index (χ3n) is 3.88. The molecule has 0 saturated carbocycles. The Labute approximate surface area is 153 Å². The van der Waals surface area contributed by atoms with Gasteiger partial charge in [0.1, 0.15) is 12.4 Å². The molecule has 6 heteroatoms. The van der Waals surface area contributed by atoms with Crippen LogP contribution in [0.3, 0.4) is 0 Å². The van der Waals surface area contributed by atoms with Crippen LogP contribution in [0.25, 0.3) is 0 Å². The average Bonchev–Trinajstić information content (AvgIpc) is 2.64. The van der Waals surface area contributed by atoms with E-state index in [1.165, 1.54) is 0 Å². The Morgan fingerprint density at radius 1 is 1.16 bits per heavy atom. The number of ether oxygens (including phenoxy) is 2. The van der Waals surface area contributed by atoms with Crippen LogP contribution in [0.2, 0.25) is 0 Å². The standard InChI is InChI=1S/C17H30N4O2.C2H6/c1-3-5-21(6-4-2)16-13-15(18)14-17(19-16)23-12-9-20-7-10-22-11-8-20;1-2/h13-14H,3-12H2,1-2H3,(H2,18,19);1-2H3. The number of hydrogen-bond donors (Lipinski definition) is 1. The van der Waals surface area contributed by atoms with E-state index in [1.807, 2.05) is 19.9 Å². The fourth-order valence-corrected chi connectivity index (χ4v) is 2.73. The maximum atomic E-state index is 6.03. The lowest BCUT2D eigenvalue weighted by molar-refractivity contribution is 0.0320. The Hall–Kier alpha value is -1.53. The fraction of sp³-hybridized carbons (Fsp3) is 0.737. The second kappa shape index (κ2) is 12.8. The van der Waals surface area contributed by atoms with Gasteiger partial charge >= 0.3 is 0 Å². The van der Waals surface area contributed by atoms with Crippen molar-refractivity contribution >= 4 is 11.5 Å². The van der Waals surface area contributed by atoms with Gasteiger partial charge in [-0.3, -0.25) is 4.90 Å². The summed E-state index contributed by atoms with van der Waals surface area (Å²) in [6, 6.07) is 3.74. The van der Waals surface area contributed by atoms with Gasteiger partial charge in [-0.2, -0.15) is 4.98 Å². The van der Waals surface area contributed by atoms with Crippen LogP contribution in [0, 0.1) is 0 Å². The molecule has 0 aromatic carbocycles. The zero-order valence-electron chi connectivity index (χ0n) is 16.5. The fourth-order valence-electron chi connectivity index (χ4n) is 2.73. The third-order valence-corrected chi connectivity index (χ3v) is 3.88. The van der Waals surface area contributed by atoms with Gasteiger partial charge in [-0.25, -0.2) is 0 Å². The summed E-state index contributed by atoms with van der Waals surface area (Å²) in [5.74, 6) is 1.53. The van der Waals surface area contributed by atoms with E-state index in [1.54, 1.807) is 6.07 Å². The Kier molecular flexibility index (Phi) is 11.0. The maximum Gasteiger partial charge on any atom is 0.217 e. The molecule has 25 heavy (non-hydrogen) atoms. The molecular formula is C19H36N4O2. The smallest absolute Gasteiger partial charge is 0.217 e. The molecule has 2 N–H and O–H groups in total. The van der Waals surface area contributed by atoms with E-state index in [-0.39, 0.29) is 0 Å². The molecule has 0 unspecified atom stereocenters. The molecule has 1 saturated heterocycles. The minimum atomic E-state index is 0.616. The van der Waals surface area contributed by atoms with Crippen LogP contribution in [0.5, 0.6) is 5.88 Å². The molecule has 1 aliphatic heterocycles. The number of nitrogens with zero attached hydrogens (tertiary/aromatic N) is 3. The van der Waals surface area contributed by atoms with Crippen molar-refractivity contribution in [1.82, 2.24) is 9.88 Å². The van der Waals surface area contributed by atoms with Crippen molar-refractivity contribution in [2.75, 3.05) is 63.2 Å². The van der Waals surface area contributed by atoms with E-state index in [4.69, 9.17) is 15.2 Å². The third kappa shape index (κ3) is 7.92. The van der Waals surface area contributed by atoms with E-state index >= 15 is 0 Å². The molecule has 1 fully saturated rings. The van der Waals surface area contributed by atoms with Crippen molar-refractivity contribution in [2.24, 2.45) is 0 Å². The van der Waals surface area contributed by atoms with Crippen molar-refractivity contribution in [1.29, 1.82) is 0 Å². The summed E-state index contributed by atoms with van der Waals surface area (Å²) in [5.41, 5.74) is 6.73. The van der Waals surface area contributed by atoms with Crippen molar-refractivity contribution in [3.05, 3.63) is 12.1 Å². The first-order chi connectivity index (χ1) is 12.2. The molecular weight excluding hydrogens is 316 g/mol. The molecule has 0 atom stereocenters. The van der Waals surface area contributed by atoms with Crippen LogP contribution in [0.4, 0.5) is 11.5 Å². The Morgan fingerprint density at radius 3 is 2.40 bits per heavy atom. The number of nitrogen functional groups attached to an aromatic ring is 1. The van der Waals surface area contributed by atoms with Crippen molar-refractivity contribution < 1.29 is 9.47 Å². The first-order valence-electron chi connectivity index (χ1n) is 9.68. The monoisotopic (exact) mass is 352 g/mol. The largest absolute Gasteiger partial charge is 0.476 e. The van der Waals surface area contributed by atoms with Gasteiger partial charge in [0.2, 0.25) is 5.88 Å². The molecule has 1 aromatic rings. The molecule has 0 aliphatic carbocycles. The number of pyridine rings is 1. The van der Waals surface area contributed by atoms with Crippen LogP contribution >= 0.6 is 0 Å². The molecule has 2 heterocycles. The van der Waals surface area contributed by atoms with Crippen LogP contribution < -0.4 is 15.4 Å². The number of morpholine rings is 1. The predicted octanol–water partition coefficient (Wildman–Crippen LogP) is 3.03. The van der Waals surface area contributed by atoms with Crippen molar-refractivity contribution in [2.45, 2.75) is 40.5 Å². The zero-order valence-corrected chi connectivity index (χ0v) is 16.5. The number of anilines is 2. The molecule has 2 rings (SSSR count). The lowest BCUT2D eigenvalue weighted by Gasteiger charge is -2.26. The van der Waals surface area contributed by atoms with Gasteiger partial charge in [-0.05, 0) is 12.8 Å². The second-order valence-corrected chi connectivity index (χ2v) is 5.89. The van der Waals surface area contributed by atoms with E-state index < -0.39 is 0 Å². The molecule has 1 aliphatic rings. The van der Waals surface area contributed by atoms with Gasteiger partial charge < -0.3 is 20.1 Å². The zero-order chi connectivity index (χ0) is 18.5. The SMILES string of the molecule is CC.CCCN(CCC)c1cc(N)cc(OCCN2CCOCC2)n1. The minimum Gasteiger partial charge on any atom is -0.476 e. The highest BCUT2D eigenvalue weighted by atomic mass is 16.5. The summed E-state index contributed by atoms with van der Waals surface area (Å²) in [7, 11) is 0. The summed E-state index contributed by atoms with van der Waals surface area (Å²) in [4.78, 5) is 9.25. The number of hydrogen-bond acceptors (Lipinski definition) is 6. The van der Waals surface area contributed by atoms with Gasteiger partial charge in [0.05, 0.1) is 13.2 Å². The van der Waals surface area contributed by atoms with Crippen molar-refractivity contribution in [3.8, 4) is 5.88 Å². The topological polar surface area (TPSA) is 63.8 Å². The molecule has 0 bridgehead atoms. The molecule has 144 valence electrons. The molecule has 6 nitrogen and oxygen atoms in total. The van der Waals surface area contributed by atoms with Crippen molar-refractivity contribution in [3.63, 3.8) is 0 Å². The Morgan fingerprint density at radius 2 is 1.80 bits per heavy atom. The van der Waals surface area contributed by atoms with Gasteiger partial charge in [0, 0.05) is 50.5 Å². The van der Waals surface area contributed by atoms with Crippen LogP contribution in [-0.4, -0.2) is 62.4 Å². The lowest BCUT2D eigenvalue weighted by atomic mass is 10.3. The van der Waals surface area contributed by atoms with Gasteiger partial charge in [0.25, 0.3) is 0 Å². The van der Waals surface area contributed by atoms with Crippen LogP contribution in [0.15, 0.2) is 12.1 Å². The Bertz CT molecular complexity index is 459. The first-order valence-corrected chi connectivity index (χ1v) is 9.68. The summed E-state index contributed by atoms with van der Waals surface area (Å²) >= 11 is 0. The quantitative estimate of drug-likeness (QED) is 0.737. The van der Waals surface area contributed by atoms with Gasteiger partial charge in [0.15, 0.2) is 0 Å². The minimum absolute atomic E-state index is 0.616. The Balaban J connectivity index is 0.00000151. The number of rotatable bonds is 9. The highest BCUT2D eigenvalue weighted by molar-refractivity contribution is 5.53. The van der Waals surface area contributed by atoms with E-state index in [0.717, 1.165) is 64.6 Å². The van der Waals surface area contributed by atoms with Gasteiger partial charge in [-0.15, -0.1) is 0 Å². The highest BCUT2D eigenvalue weighted by Crippen LogP contribution is 2.21. The predicted molar refractivity (Wildman–Crippen MR) is 106 cm³/mol. The second-order valence-electron chi connectivity index (χ2n) is 5.89. The average molecular weight is 353 g/mol. The number of nitrogens with two attached hydrogens (primary N) is 1. The summed E-state index contributed by atoms with van der Waals surface area (Å²) < 4.78 is 11.2. The normalized spacial score (nSPS) is 14.6.